The van der Waals surface area contributed by atoms with Crippen LogP contribution in [-0.4, -0.2) is 48.9 Å². The average Bonchev–Trinajstić information content (AvgIpc) is 1.38. The smallest absolute Gasteiger partial charge is 1.00 e. The molecule has 0 spiro atoms. The van der Waals surface area contributed by atoms with Crippen LogP contribution in [0.4, 0.5) is 0 Å². The van der Waals surface area contributed by atoms with Crippen LogP contribution in [0.1, 0.15) is 23.1 Å². The maximum Gasteiger partial charge on any atom is 2.00 e. The normalized spacial score (nSPS) is 12.5. The molecule has 0 aromatic carbocycles. The van der Waals surface area contributed by atoms with E-state index in [0.717, 1.165) is 6.42 Å². The molecule has 0 bridgehead atoms. The first-order valence-corrected chi connectivity index (χ1v) is 1.95. The third-order valence-electron chi connectivity index (χ3n) is 0.591. The Morgan fingerprint density at radius 1 is 1.83 bits per heavy atom. The van der Waals surface area contributed by atoms with Gasteiger partial charge in [0.15, 0.2) is 0 Å². The second-order valence-electron chi connectivity index (χ2n) is 1.26. The topological polar surface area (TPSA) is 20.2 Å². The molecule has 0 fully saturated rings. The Balaban J connectivity index is -0.0000000267. The van der Waals surface area contributed by atoms with Crippen LogP contribution in [-0.2, 0) is 0 Å². The molecule has 0 aliphatic carbocycles. The van der Waals surface area contributed by atoms with E-state index in [-0.39, 0.29) is 46.7 Å². The Morgan fingerprint density at radius 2 is 2.00 bits per heavy atom. The van der Waals surface area contributed by atoms with Gasteiger partial charge in [-0.15, -0.1) is 0 Å². The van der Waals surface area contributed by atoms with Crippen molar-refractivity contribution in [1.82, 2.24) is 0 Å². The molecule has 36 valence electrons. The zero-order chi connectivity index (χ0) is 4.28. The minimum atomic E-state index is -0.116. The van der Waals surface area contributed by atoms with Crippen LogP contribution < -0.4 is 0 Å². The van der Waals surface area contributed by atoms with Crippen molar-refractivity contribution in [3.05, 3.63) is 0 Å². The fourth-order valence-corrected chi connectivity index (χ4v) is 0. The van der Waals surface area contributed by atoms with E-state index in [0.29, 0.717) is 0 Å². The number of rotatable bonds is 1. The molecule has 0 saturated heterocycles. The number of aliphatic hydroxyl groups is 1. The van der Waals surface area contributed by atoms with Crippen molar-refractivity contribution >= 4 is 37.7 Å². The van der Waals surface area contributed by atoms with E-state index in [4.69, 9.17) is 5.11 Å². The summed E-state index contributed by atoms with van der Waals surface area (Å²) in [6.45, 7) is 3.73. The zero-order valence-electron chi connectivity index (χ0n) is 6.44. The van der Waals surface area contributed by atoms with Gasteiger partial charge in [0.2, 0.25) is 0 Å². The van der Waals surface area contributed by atoms with E-state index in [1.165, 1.54) is 0 Å². The summed E-state index contributed by atoms with van der Waals surface area (Å²) in [4.78, 5) is 0. The SMILES string of the molecule is CCC(C)O.[Ca+2].[H-].[H-]. The van der Waals surface area contributed by atoms with Crippen molar-refractivity contribution in [3.63, 3.8) is 0 Å². The van der Waals surface area contributed by atoms with E-state index >= 15 is 0 Å². The molecule has 1 atom stereocenters. The van der Waals surface area contributed by atoms with Gasteiger partial charge in [-0.05, 0) is 13.3 Å². The Morgan fingerprint density at radius 3 is 2.00 bits per heavy atom. The molecule has 0 aliphatic rings. The molecule has 0 aromatic rings. The van der Waals surface area contributed by atoms with Gasteiger partial charge in [-0.2, -0.15) is 0 Å². The Kier molecular flexibility index (Phi) is 10.6. The van der Waals surface area contributed by atoms with Crippen molar-refractivity contribution in [2.75, 3.05) is 0 Å². The first kappa shape index (κ1) is 10.3. The third kappa shape index (κ3) is 8.97. The second-order valence-corrected chi connectivity index (χ2v) is 1.26. The molecule has 1 unspecified atom stereocenters. The monoisotopic (exact) mass is 116 g/mol. The van der Waals surface area contributed by atoms with Gasteiger partial charge in [0.25, 0.3) is 0 Å². The summed E-state index contributed by atoms with van der Waals surface area (Å²) in [5.41, 5.74) is 0. The molecule has 0 amide bonds. The van der Waals surface area contributed by atoms with E-state index in [2.05, 4.69) is 0 Å². The number of hydrogen-bond acceptors (Lipinski definition) is 1. The van der Waals surface area contributed by atoms with Crippen molar-refractivity contribution in [2.24, 2.45) is 0 Å². The van der Waals surface area contributed by atoms with Gasteiger partial charge in [-0.25, -0.2) is 0 Å². The molecular formula is C4H12CaO. The van der Waals surface area contributed by atoms with Gasteiger partial charge in [0, 0.05) is 0 Å². The molecule has 0 aliphatic heterocycles. The molecule has 0 radical (unpaired) electrons. The fraction of sp³-hybridized carbons (Fsp3) is 1.00. The van der Waals surface area contributed by atoms with Crippen molar-refractivity contribution in [3.8, 4) is 0 Å². The minimum absolute atomic E-state index is 0. The number of hydrogen-bond donors (Lipinski definition) is 1. The van der Waals surface area contributed by atoms with Crippen LogP contribution in [0.5, 0.6) is 0 Å². The van der Waals surface area contributed by atoms with Crippen molar-refractivity contribution in [2.45, 2.75) is 26.4 Å². The predicted octanol–water partition coefficient (Wildman–Crippen LogP) is 0.621. The number of aliphatic hydroxyl groups excluding tert-OH is 1. The summed E-state index contributed by atoms with van der Waals surface area (Å²) >= 11 is 0. The van der Waals surface area contributed by atoms with E-state index in [1.54, 1.807) is 6.92 Å². The predicted molar refractivity (Wildman–Crippen MR) is 29.9 cm³/mol. The molecule has 2 heteroatoms. The second kappa shape index (κ2) is 6.22. The van der Waals surface area contributed by atoms with Gasteiger partial charge in [-0.1, -0.05) is 6.92 Å². The van der Waals surface area contributed by atoms with E-state index in [1.807, 2.05) is 6.92 Å². The molecule has 0 heterocycles. The van der Waals surface area contributed by atoms with Gasteiger partial charge in [0.1, 0.15) is 0 Å². The van der Waals surface area contributed by atoms with Crippen LogP contribution in [0.15, 0.2) is 0 Å². The largest absolute Gasteiger partial charge is 2.00 e. The van der Waals surface area contributed by atoms with Crippen LogP contribution in [0.3, 0.4) is 0 Å². The molecule has 0 saturated carbocycles. The molecular weight excluding hydrogens is 104 g/mol. The first-order valence-electron chi connectivity index (χ1n) is 1.95. The van der Waals surface area contributed by atoms with Crippen LogP contribution in [0.25, 0.3) is 0 Å². The molecule has 0 aromatic heterocycles. The Labute approximate surface area is 71.7 Å². The summed E-state index contributed by atoms with van der Waals surface area (Å²) in [5.74, 6) is 0. The first-order chi connectivity index (χ1) is 2.27. The van der Waals surface area contributed by atoms with Crippen LogP contribution >= 0.6 is 0 Å². The molecule has 1 nitrogen and oxygen atoms in total. The van der Waals surface area contributed by atoms with Crippen LogP contribution in [0, 0.1) is 0 Å². The maximum atomic E-state index is 8.36. The van der Waals surface area contributed by atoms with E-state index in [9.17, 15) is 0 Å². The standard InChI is InChI=1S/C4H10O.Ca.2H/c1-3-4(2)5;;;/h4-5H,3H2,1-2H3;;;/q;+2;2*-1. The molecule has 6 heavy (non-hydrogen) atoms. The summed E-state index contributed by atoms with van der Waals surface area (Å²) in [6, 6.07) is 0. The zero-order valence-corrected chi connectivity index (χ0v) is 6.65. The summed E-state index contributed by atoms with van der Waals surface area (Å²) in [6.07, 6.45) is 0.745. The van der Waals surface area contributed by atoms with Gasteiger partial charge < -0.3 is 7.96 Å². The van der Waals surface area contributed by atoms with Crippen molar-refractivity contribution in [1.29, 1.82) is 0 Å². The fourth-order valence-electron chi connectivity index (χ4n) is 0. The Hall–Kier alpha value is 1.22. The van der Waals surface area contributed by atoms with Gasteiger partial charge >= 0.3 is 37.7 Å². The van der Waals surface area contributed by atoms with Crippen molar-refractivity contribution < 1.29 is 7.96 Å². The maximum absolute atomic E-state index is 8.36. The molecule has 1 N–H and O–H groups in total. The summed E-state index contributed by atoms with van der Waals surface area (Å²) in [7, 11) is 0. The van der Waals surface area contributed by atoms with Crippen LogP contribution in [0.2, 0.25) is 0 Å². The average molecular weight is 116 g/mol. The molecule has 0 rings (SSSR count). The third-order valence-corrected chi connectivity index (χ3v) is 0.591. The van der Waals surface area contributed by atoms with Gasteiger partial charge in [-0.3, -0.25) is 0 Å². The van der Waals surface area contributed by atoms with Gasteiger partial charge in [0.05, 0.1) is 6.10 Å². The summed E-state index contributed by atoms with van der Waals surface area (Å²) in [5, 5.41) is 8.36. The summed E-state index contributed by atoms with van der Waals surface area (Å²) < 4.78 is 0. The quantitative estimate of drug-likeness (QED) is 0.498. The Bertz CT molecular complexity index is 28.0. The minimum Gasteiger partial charge on any atom is -1.00 e. The van der Waals surface area contributed by atoms with E-state index < -0.39 is 0 Å².